The molecule has 3 rings (SSSR count). The van der Waals surface area contributed by atoms with E-state index in [1.165, 1.54) is 44.3 Å². The van der Waals surface area contributed by atoms with Gasteiger partial charge in [0.1, 0.15) is 0 Å². The first-order chi connectivity index (χ1) is 10.2. The Morgan fingerprint density at radius 2 is 1.62 bits per heavy atom. The molecular weight excluding hydrogens is 324 g/mol. The molecule has 1 aromatic rings. The van der Waals surface area contributed by atoms with Crippen LogP contribution in [0.4, 0.5) is 0 Å². The van der Waals surface area contributed by atoms with Crippen molar-refractivity contribution in [2.45, 2.75) is 51.1 Å². The average Bonchev–Trinajstić information content (AvgIpc) is 3.37. The van der Waals surface area contributed by atoms with Gasteiger partial charge in [-0.05, 0) is 61.6 Å². The fourth-order valence-electron chi connectivity index (χ4n) is 3.18. The zero-order valence-corrected chi connectivity index (χ0v) is 14.6. The second kappa shape index (κ2) is 6.80. The summed E-state index contributed by atoms with van der Waals surface area (Å²) >= 11 is 3.54. The Bertz CT molecular complexity index is 437. The molecule has 0 saturated heterocycles. The molecule has 0 radical (unpaired) electrons. The van der Waals surface area contributed by atoms with E-state index in [0.717, 1.165) is 22.7 Å². The largest absolute Gasteiger partial charge is 0.326 e. The van der Waals surface area contributed by atoms with Gasteiger partial charge in [-0.1, -0.05) is 35.0 Å². The molecule has 2 saturated carbocycles. The first-order valence-electron chi connectivity index (χ1n) is 8.42. The van der Waals surface area contributed by atoms with Gasteiger partial charge in [-0.25, -0.2) is 0 Å². The zero-order valence-electron chi connectivity index (χ0n) is 13.0. The van der Waals surface area contributed by atoms with Crippen LogP contribution >= 0.6 is 15.9 Å². The van der Waals surface area contributed by atoms with Crippen LogP contribution in [0.5, 0.6) is 0 Å². The van der Waals surface area contributed by atoms with E-state index in [2.05, 4.69) is 52.0 Å². The molecule has 0 heterocycles. The van der Waals surface area contributed by atoms with E-state index in [0.29, 0.717) is 6.04 Å². The van der Waals surface area contributed by atoms with Crippen LogP contribution in [0.15, 0.2) is 28.7 Å². The van der Waals surface area contributed by atoms with Crippen LogP contribution < -0.4 is 5.73 Å². The van der Waals surface area contributed by atoms with Crippen molar-refractivity contribution in [2.75, 3.05) is 13.1 Å². The summed E-state index contributed by atoms with van der Waals surface area (Å²) in [5, 5.41) is 0. The molecule has 2 fully saturated rings. The van der Waals surface area contributed by atoms with Gasteiger partial charge in [-0.2, -0.15) is 0 Å². The second-order valence-corrected chi connectivity index (χ2v) is 7.82. The van der Waals surface area contributed by atoms with Gasteiger partial charge in [0, 0.05) is 29.6 Å². The second-order valence-electron chi connectivity index (χ2n) is 6.91. The first kappa shape index (κ1) is 15.5. The third-order valence-electron chi connectivity index (χ3n) is 4.86. The van der Waals surface area contributed by atoms with E-state index >= 15 is 0 Å². The van der Waals surface area contributed by atoms with Gasteiger partial charge in [0.05, 0.1) is 0 Å². The van der Waals surface area contributed by atoms with Crippen LogP contribution in [-0.4, -0.2) is 24.0 Å². The maximum atomic E-state index is 6.53. The molecule has 2 atom stereocenters. The molecule has 3 heteroatoms. The van der Waals surface area contributed by atoms with Crippen LogP contribution in [0.2, 0.25) is 0 Å². The minimum absolute atomic E-state index is 0.226. The molecule has 116 valence electrons. The minimum atomic E-state index is 0.226. The van der Waals surface area contributed by atoms with Crippen LogP contribution in [0, 0.1) is 11.8 Å². The molecule has 0 bridgehead atoms. The lowest BCUT2D eigenvalue weighted by molar-refractivity contribution is 0.155. The van der Waals surface area contributed by atoms with E-state index in [4.69, 9.17) is 5.73 Å². The lowest BCUT2D eigenvalue weighted by atomic mass is 9.95. The summed E-state index contributed by atoms with van der Waals surface area (Å²) < 4.78 is 1.14. The van der Waals surface area contributed by atoms with Crippen LogP contribution in [0.1, 0.15) is 50.6 Å². The highest BCUT2D eigenvalue weighted by molar-refractivity contribution is 9.10. The van der Waals surface area contributed by atoms with Crippen molar-refractivity contribution in [1.82, 2.24) is 4.90 Å². The van der Waals surface area contributed by atoms with Crippen LogP contribution in [0.25, 0.3) is 0 Å². The monoisotopic (exact) mass is 350 g/mol. The Labute approximate surface area is 137 Å². The molecule has 0 aliphatic heterocycles. The Kier molecular flexibility index (Phi) is 5.03. The third-order valence-corrected chi connectivity index (χ3v) is 5.39. The van der Waals surface area contributed by atoms with Crippen molar-refractivity contribution in [1.29, 1.82) is 0 Å². The van der Waals surface area contributed by atoms with Crippen LogP contribution in [0.3, 0.4) is 0 Å². The number of hydrogen-bond donors (Lipinski definition) is 1. The lowest BCUT2D eigenvalue weighted by Crippen LogP contribution is -2.42. The van der Waals surface area contributed by atoms with Gasteiger partial charge in [0.2, 0.25) is 0 Å². The third kappa shape index (κ3) is 4.30. The molecule has 2 unspecified atom stereocenters. The van der Waals surface area contributed by atoms with Gasteiger partial charge in [-0.3, -0.25) is 4.90 Å². The highest BCUT2D eigenvalue weighted by atomic mass is 79.9. The number of nitrogens with two attached hydrogens (primary N) is 1. The van der Waals surface area contributed by atoms with E-state index in [9.17, 15) is 0 Å². The number of rotatable bonds is 8. The topological polar surface area (TPSA) is 29.3 Å². The van der Waals surface area contributed by atoms with E-state index in [-0.39, 0.29) is 6.04 Å². The SMILES string of the molecule is CCC(N)C(c1ccc(Br)cc1)N(CC1CC1)CC1CC1. The van der Waals surface area contributed by atoms with Gasteiger partial charge < -0.3 is 5.73 Å². The quantitative estimate of drug-likeness (QED) is 0.754. The standard InChI is InChI=1S/C18H27BrN2/c1-2-17(20)18(15-7-9-16(19)10-8-15)21(11-13-3-4-13)12-14-5-6-14/h7-10,13-14,17-18H,2-6,11-12,20H2,1H3. The van der Waals surface area contributed by atoms with E-state index < -0.39 is 0 Å². The van der Waals surface area contributed by atoms with Crippen LogP contribution in [-0.2, 0) is 0 Å². The maximum Gasteiger partial charge on any atom is 0.0499 e. The molecule has 2 aliphatic carbocycles. The van der Waals surface area contributed by atoms with Crippen molar-refractivity contribution in [3.63, 3.8) is 0 Å². The maximum absolute atomic E-state index is 6.53. The normalized spacial score (nSPS) is 21.5. The Balaban J connectivity index is 1.81. The number of halogens is 1. The Morgan fingerprint density at radius 3 is 2.05 bits per heavy atom. The van der Waals surface area contributed by atoms with E-state index in [1.54, 1.807) is 0 Å². The molecule has 21 heavy (non-hydrogen) atoms. The number of benzene rings is 1. The number of nitrogens with zero attached hydrogens (tertiary/aromatic N) is 1. The van der Waals surface area contributed by atoms with Gasteiger partial charge >= 0.3 is 0 Å². The number of hydrogen-bond acceptors (Lipinski definition) is 2. The highest BCUT2D eigenvalue weighted by Gasteiger charge is 2.35. The summed E-state index contributed by atoms with van der Waals surface area (Å²) in [6.45, 7) is 4.69. The molecular formula is C18H27BrN2. The first-order valence-corrected chi connectivity index (χ1v) is 9.21. The summed E-state index contributed by atoms with van der Waals surface area (Å²) in [6.07, 6.45) is 6.68. The Hall–Kier alpha value is -0.380. The summed E-state index contributed by atoms with van der Waals surface area (Å²) in [7, 11) is 0. The van der Waals surface area contributed by atoms with Crippen molar-refractivity contribution in [3.8, 4) is 0 Å². The average molecular weight is 351 g/mol. The summed E-state index contributed by atoms with van der Waals surface area (Å²) in [5.74, 6) is 1.84. The van der Waals surface area contributed by atoms with Crippen molar-refractivity contribution in [2.24, 2.45) is 17.6 Å². The van der Waals surface area contributed by atoms with Gasteiger partial charge in [-0.15, -0.1) is 0 Å². The molecule has 2 aliphatic rings. The zero-order chi connectivity index (χ0) is 14.8. The summed E-state index contributed by atoms with van der Waals surface area (Å²) in [4.78, 5) is 2.70. The smallest absolute Gasteiger partial charge is 0.0499 e. The minimum Gasteiger partial charge on any atom is -0.326 e. The molecule has 2 nitrogen and oxygen atoms in total. The highest BCUT2D eigenvalue weighted by Crippen LogP contribution is 2.38. The molecule has 1 aromatic carbocycles. The molecule has 2 N–H and O–H groups in total. The van der Waals surface area contributed by atoms with Gasteiger partial charge in [0.25, 0.3) is 0 Å². The fourth-order valence-corrected chi connectivity index (χ4v) is 3.44. The van der Waals surface area contributed by atoms with Gasteiger partial charge in [0.15, 0.2) is 0 Å². The molecule has 0 aromatic heterocycles. The summed E-state index contributed by atoms with van der Waals surface area (Å²) in [5.41, 5.74) is 7.91. The van der Waals surface area contributed by atoms with Crippen molar-refractivity contribution in [3.05, 3.63) is 34.3 Å². The predicted molar refractivity (Wildman–Crippen MR) is 92.2 cm³/mol. The Morgan fingerprint density at radius 1 is 1.10 bits per heavy atom. The molecule has 0 amide bonds. The van der Waals surface area contributed by atoms with Crippen molar-refractivity contribution >= 4 is 15.9 Å². The summed E-state index contributed by atoms with van der Waals surface area (Å²) in [6, 6.07) is 9.40. The predicted octanol–water partition coefficient (Wildman–Crippen LogP) is 4.35. The lowest BCUT2D eigenvalue weighted by Gasteiger charge is -2.36. The van der Waals surface area contributed by atoms with E-state index in [1.807, 2.05) is 0 Å². The fraction of sp³-hybridized carbons (Fsp3) is 0.667. The molecule has 0 spiro atoms. The van der Waals surface area contributed by atoms with Crippen molar-refractivity contribution < 1.29 is 0 Å².